The van der Waals surface area contributed by atoms with E-state index in [4.69, 9.17) is 18.9 Å². The Labute approximate surface area is 172 Å². The summed E-state index contributed by atoms with van der Waals surface area (Å²) in [6, 6.07) is 8.42. The number of thioether (sulfide) groups is 1. The molecule has 1 aliphatic rings. The number of furan rings is 1. The minimum Gasteiger partial charge on any atom is -0.467 e. The van der Waals surface area contributed by atoms with Gasteiger partial charge in [0.1, 0.15) is 5.76 Å². The van der Waals surface area contributed by atoms with Crippen LogP contribution in [0.25, 0.3) is 10.9 Å². The highest BCUT2D eigenvalue weighted by Crippen LogP contribution is 2.24. The van der Waals surface area contributed by atoms with E-state index in [2.05, 4.69) is 0 Å². The maximum Gasteiger partial charge on any atom is 0.337 e. The summed E-state index contributed by atoms with van der Waals surface area (Å²) in [5, 5.41) is 1.03. The van der Waals surface area contributed by atoms with Gasteiger partial charge in [-0.05, 0) is 49.6 Å². The number of esters is 1. The average Bonchev–Trinajstić information content (AvgIpc) is 3.27. The predicted molar refractivity (Wildman–Crippen MR) is 109 cm³/mol. The molecule has 0 N–H and O–H groups in total. The van der Waals surface area contributed by atoms with Crippen molar-refractivity contribution < 1.29 is 18.7 Å². The Morgan fingerprint density at radius 1 is 1.34 bits per heavy atom. The lowest BCUT2D eigenvalue weighted by molar-refractivity contribution is 0.0315. The van der Waals surface area contributed by atoms with Crippen LogP contribution in [0.4, 0.5) is 0 Å². The van der Waals surface area contributed by atoms with Gasteiger partial charge in [0.05, 0.1) is 42.5 Å². The number of ether oxygens (including phenoxy) is 2. The zero-order chi connectivity index (χ0) is 20.2. The van der Waals surface area contributed by atoms with E-state index >= 15 is 0 Å². The van der Waals surface area contributed by atoms with Gasteiger partial charge >= 0.3 is 5.97 Å². The highest BCUT2D eigenvalue weighted by molar-refractivity contribution is 7.99. The molecule has 0 bridgehead atoms. The van der Waals surface area contributed by atoms with Crippen molar-refractivity contribution in [2.24, 2.45) is 0 Å². The number of aromatic nitrogens is 2. The zero-order valence-electron chi connectivity index (χ0n) is 16.1. The highest BCUT2D eigenvalue weighted by Gasteiger charge is 2.19. The monoisotopic (exact) mass is 414 g/mol. The molecule has 4 rings (SSSR count). The minimum atomic E-state index is -0.460. The van der Waals surface area contributed by atoms with Crippen molar-refractivity contribution in [1.29, 1.82) is 0 Å². The normalized spacial score (nSPS) is 16.8. The van der Waals surface area contributed by atoms with Crippen LogP contribution in [0.15, 0.2) is 51.0 Å². The van der Waals surface area contributed by atoms with Crippen LogP contribution in [0.2, 0.25) is 0 Å². The predicted octanol–water partition coefficient (Wildman–Crippen LogP) is 3.49. The summed E-state index contributed by atoms with van der Waals surface area (Å²) in [4.78, 5) is 29.8. The van der Waals surface area contributed by atoms with Crippen molar-refractivity contribution in [3.05, 3.63) is 58.3 Å². The zero-order valence-corrected chi connectivity index (χ0v) is 16.9. The summed E-state index contributed by atoms with van der Waals surface area (Å²) < 4.78 is 17.6. The molecule has 0 saturated carbocycles. The molecule has 1 saturated heterocycles. The molecule has 2 aromatic heterocycles. The summed E-state index contributed by atoms with van der Waals surface area (Å²) in [7, 11) is 1.33. The van der Waals surface area contributed by atoms with Gasteiger partial charge < -0.3 is 13.9 Å². The topological polar surface area (TPSA) is 83.6 Å². The van der Waals surface area contributed by atoms with E-state index in [0.29, 0.717) is 39.7 Å². The van der Waals surface area contributed by atoms with E-state index in [1.54, 1.807) is 35.1 Å². The number of hydrogen-bond acceptors (Lipinski definition) is 7. The first-order valence-corrected chi connectivity index (χ1v) is 10.5. The van der Waals surface area contributed by atoms with E-state index in [9.17, 15) is 9.59 Å². The molecule has 0 unspecified atom stereocenters. The first kappa shape index (κ1) is 19.7. The molecule has 3 aromatic rings. The highest BCUT2D eigenvalue weighted by atomic mass is 32.2. The Bertz CT molecular complexity index is 1050. The fraction of sp³-hybridized carbons (Fsp3) is 0.381. The van der Waals surface area contributed by atoms with Crippen molar-refractivity contribution in [3.8, 4) is 0 Å². The maximum atomic E-state index is 13.2. The Morgan fingerprint density at radius 3 is 2.97 bits per heavy atom. The number of methoxy groups -OCH3 is 1. The van der Waals surface area contributed by atoms with Crippen molar-refractivity contribution in [2.45, 2.75) is 37.1 Å². The third-order valence-corrected chi connectivity index (χ3v) is 6.02. The first-order chi connectivity index (χ1) is 14.2. The lowest BCUT2D eigenvalue weighted by Crippen LogP contribution is -2.26. The second-order valence-corrected chi connectivity index (χ2v) is 7.88. The first-order valence-electron chi connectivity index (χ1n) is 9.55. The van der Waals surface area contributed by atoms with Gasteiger partial charge in [-0.3, -0.25) is 9.36 Å². The molecule has 0 radical (unpaired) electrons. The summed E-state index contributed by atoms with van der Waals surface area (Å²) in [5.74, 6) is 0.931. The lowest BCUT2D eigenvalue weighted by Gasteiger charge is -2.22. The minimum absolute atomic E-state index is 0.153. The van der Waals surface area contributed by atoms with Gasteiger partial charge in [0, 0.05) is 12.4 Å². The number of carbonyl (C=O) groups excluding carboxylic acids is 1. The van der Waals surface area contributed by atoms with Gasteiger partial charge in [-0.25, -0.2) is 9.78 Å². The molecule has 152 valence electrons. The van der Waals surface area contributed by atoms with E-state index in [1.807, 2.05) is 6.07 Å². The van der Waals surface area contributed by atoms with Crippen LogP contribution in [0.3, 0.4) is 0 Å². The van der Waals surface area contributed by atoms with Crippen molar-refractivity contribution in [2.75, 3.05) is 19.5 Å². The van der Waals surface area contributed by atoms with E-state index in [-0.39, 0.29) is 11.7 Å². The molecule has 0 amide bonds. The molecule has 3 heterocycles. The van der Waals surface area contributed by atoms with Gasteiger partial charge in [0.25, 0.3) is 5.56 Å². The third kappa shape index (κ3) is 4.38. The largest absolute Gasteiger partial charge is 0.467 e. The molecule has 1 fully saturated rings. The Morgan fingerprint density at radius 2 is 2.24 bits per heavy atom. The number of rotatable bonds is 6. The van der Waals surface area contributed by atoms with Crippen molar-refractivity contribution in [1.82, 2.24) is 9.55 Å². The number of hydrogen-bond donors (Lipinski definition) is 0. The summed E-state index contributed by atoms with van der Waals surface area (Å²) in [5.41, 5.74) is 0.665. The molecule has 1 aromatic carbocycles. The Balaban J connectivity index is 1.73. The van der Waals surface area contributed by atoms with E-state index in [1.165, 1.54) is 18.9 Å². The SMILES string of the molecule is COC(=O)c1ccc2c(=O)n(Cc3ccco3)c(SC[C@H]3CCCCO3)nc2c1. The third-order valence-electron chi connectivity index (χ3n) is 4.91. The van der Waals surface area contributed by atoms with E-state index in [0.717, 1.165) is 25.9 Å². The summed E-state index contributed by atoms with van der Waals surface area (Å²) in [6.07, 6.45) is 4.99. The standard InChI is InChI=1S/C21H22N2O5S/c1-26-20(25)14-7-8-17-18(11-14)22-21(29-13-16-5-2-3-9-28-16)23(19(17)24)12-15-6-4-10-27-15/h4,6-8,10-11,16H,2-3,5,9,12-13H2,1H3/t16-/m1/s1. The number of benzene rings is 1. The molecule has 0 aliphatic carbocycles. The van der Waals surface area contributed by atoms with Crippen molar-refractivity contribution in [3.63, 3.8) is 0 Å². The molecule has 0 spiro atoms. The molecule has 1 atom stereocenters. The second-order valence-electron chi connectivity index (χ2n) is 6.89. The average molecular weight is 414 g/mol. The maximum absolute atomic E-state index is 13.2. The second kappa shape index (κ2) is 8.84. The van der Waals surface area contributed by atoms with Gasteiger partial charge in [0.2, 0.25) is 0 Å². The molecule has 8 heteroatoms. The number of fused-ring (bicyclic) bond motifs is 1. The molecular weight excluding hydrogens is 392 g/mol. The quantitative estimate of drug-likeness (QED) is 0.347. The molecule has 7 nitrogen and oxygen atoms in total. The van der Waals surface area contributed by atoms with Gasteiger partial charge in [-0.2, -0.15) is 0 Å². The van der Waals surface area contributed by atoms with Crippen LogP contribution in [0.5, 0.6) is 0 Å². The van der Waals surface area contributed by atoms with Gasteiger partial charge in [-0.15, -0.1) is 0 Å². The van der Waals surface area contributed by atoms with Crippen LogP contribution in [0.1, 0.15) is 35.4 Å². The smallest absolute Gasteiger partial charge is 0.337 e. The van der Waals surface area contributed by atoms with Crippen LogP contribution < -0.4 is 5.56 Å². The van der Waals surface area contributed by atoms with Crippen LogP contribution in [0, 0.1) is 0 Å². The fourth-order valence-electron chi connectivity index (χ4n) is 3.36. The fourth-order valence-corrected chi connectivity index (χ4v) is 4.42. The van der Waals surface area contributed by atoms with Crippen LogP contribution >= 0.6 is 11.8 Å². The van der Waals surface area contributed by atoms with Crippen LogP contribution in [-0.2, 0) is 16.0 Å². The number of carbonyl (C=O) groups is 1. The summed E-state index contributed by atoms with van der Waals surface area (Å²) in [6.45, 7) is 1.07. The lowest BCUT2D eigenvalue weighted by atomic mass is 10.1. The summed E-state index contributed by atoms with van der Waals surface area (Å²) >= 11 is 1.49. The van der Waals surface area contributed by atoms with Gasteiger partial charge in [0.15, 0.2) is 5.16 Å². The molecule has 29 heavy (non-hydrogen) atoms. The van der Waals surface area contributed by atoms with Gasteiger partial charge in [-0.1, -0.05) is 11.8 Å². The molecular formula is C21H22N2O5S. The number of nitrogens with zero attached hydrogens (tertiary/aromatic N) is 2. The Hall–Kier alpha value is -2.58. The Kier molecular flexibility index (Phi) is 6.01. The molecule has 1 aliphatic heterocycles. The van der Waals surface area contributed by atoms with Crippen molar-refractivity contribution >= 4 is 28.6 Å². The van der Waals surface area contributed by atoms with Crippen LogP contribution in [-0.4, -0.2) is 41.1 Å². The van der Waals surface area contributed by atoms with E-state index < -0.39 is 5.97 Å².